The van der Waals surface area contributed by atoms with Gasteiger partial charge in [0.25, 0.3) is 0 Å². The molecule has 0 spiro atoms. The van der Waals surface area contributed by atoms with Gasteiger partial charge in [-0.2, -0.15) is 0 Å². The van der Waals surface area contributed by atoms with Crippen molar-refractivity contribution in [1.29, 1.82) is 0 Å². The molecule has 0 amide bonds. The molecule has 1 atom stereocenters. The standard InChI is InChI=1S/C14H17N3O/c1-2-4-13-11(3-1)5-6-14(17-13)16-9-12-10-18-8-7-15-12/h1-6,12,15H,7-10H2,(H,16,17). The summed E-state index contributed by atoms with van der Waals surface area (Å²) in [6.45, 7) is 3.34. The molecule has 18 heavy (non-hydrogen) atoms. The van der Waals surface area contributed by atoms with Crippen molar-refractivity contribution in [3.05, 3.63) is 36.4 Å². The number of aromatic nitrogens is 1. The third-order valence-corrected chi connectivity index (χ3v) is 3.13. The summed E-state index contributed by atoms with van der Waals surface area (Å²) in [5.74, 6) is 0.918. The second-order valence-electron chi connectivity index (χ2n) is 4.50. The number of ether oxygens (including phenoxy) is 1. The fourth-order valence-corrected chi connectivity index (χ4v) is 2.14. The van der Waals surface area contributed by atoms with Gasteiger partial charge in [-0.1, -0.05) is 18.2 Å². The van der Waals surface area contributed by atoms with Crippen LogP contribution >= 0.6 is 0 Å². The second-order valence-corrected chi connectivity index (χ2v) is 4.50. The number of anilines is 1. The molecule has 2 aromatic rings. The fourth-order valence-electron chi connectivity index (χ4n) is 2.14. The lowest BCUT2D eigenvalue weighted by molar-refractivity contribution is 0.0806. The van der Waals surface area contributed by atoms with Gasteiger partial charge in [0.2, 0.25) is 0 Å². The molecule has 0 saturated carbocycles. The summed E-state index contributed by atoms with van der Waals surface area (Å²) in [5, 5.41) is 7.93. The first-order chi connectivity index (χ1) is 8.92. The number of para-hydroxylation sites is 1. The molecule has 1 aromatic carbocycles. The highest BCUT2D eigenvalue weighted by Crippen LogP contribution is 2.14. The summed E-state index contributed by atoms with van der Waals surface area (Å²) in [5.41, 5.74) is 1.02. The molecule has 0 radical (unpaired) electrons. The van der Waals surface area contributed by atoms with E-state index in [1.54, 1.807) is 0 Å². The molecule has 94 valence electrons. The van der Waals surface area contributed by atoms with Gasteiger partial charge in [0.15, 0.2) is 0 Å². The molecule has 2 heterocycles. The molecule has 1 saturated heterocycles. The Morgan fingerprint density at radius 2 is 2.22 bits per heavy atom. The number of morpholine rings is 1. The van der Waals surface area contributed by atoms with Gasteiger partial charge >= 0.3 is 0 Å². The summed E-state index contributed by atoms with van der Waals surface area (Å²) in [7, 11) is 0. The number of fused-ring (bicyclic) bond motifs is 1. The molecule has 2 N–H and O–H groups in total. The highest BCUT2D eigenvalue weighted by molar-refractivity contribution is 5.80. The topological polar surface area (TPSA) is 46.2 Å². The van der Waals surface area contributed by atoms with Gasteiger partial charge < -0.3 is 15.4 Å². The molecular weight excluding hydrogens is 226 g/mol. The predicted molar refractivity (Wildman–Crippen MR) is 72.8 cm³/mol. The molecule has 1 aliphatic rings. The van der Waals surface area contributed by atoms with Crippen molar-refractivity contribution in [2.24, 2.45) is 0 Å². The van der Waals surface area contributed by atoms with Crippen LogP contribution in [0.15, 0.2) is 36.4 Å². The number of benzene rings is 1. The van der Waals surface area contributed by atoms with E-state index in [2.05, 4.69) is 27.8 Å². The molecular formula is C14H17N3O. The normalized spacial score (nSPS) is 19.9. The van der Waals surface area contributed by atoms with E-state index < -0.39 is 0 Å². The predicted octanol–water partition coefficient (Wildman–Crippen LogP) is 1.64. The average Bonchev–Trinajstić information content (AvgIpc) is 2.46. The van der Waals surface area contributed by atoms with E-state index in [1.807, 2.05) is 24.3 Å². The Kier molecular flexibility index (Phi) is 3.39. The third kappa shape index (κ3) is 2.60. The van der Waals surface area contributed by atoms with Crippen LogP contribution in [-0.2, 0) is 4.74 Å². The minimum absolute atomic E-state index is 0.368. The van der Waals surface area contributed by atoms with Crippen LogP contribution in [0.3, 0.4) is 0 Å². The Morgan fingerprint density at radius 1 is 1.28 bits per heavy atom. The Hall–Kier alpha value is -1.65. The molecule has 4 heteroatoms. The summed E-state index contributed by atoms with van der Waals surface area (Å²) in [4.78, 5) is 4.58. The Labute approximate surface area is 106 Å². The maximum absolute atomic E-state index is 5.42. The molecule has 1 aliphatic heterocycles. The monoisotopic (exact) mass is 243 g/mol. The summed E-state index contributed by atoms with van der Waals surface area (Å²) in [6, 6.07) is 12.6. The highest BCUT2D eigenvalue weighted by atomic mass is 16.5. The first kappa shape index (κ1) is 11.4. The van der Waals surface area contributed by atoms with Gasteiger partial charge in [0.05, 0.1) is 18.7 Å². The Balaban J connectivity index is 1.66. The lowest BCUT2D eigenvalue weighted by Crippen LogP contribution is -2.45. The molecule has 1 unspecified atom stereocenters. The number of hydrogen-bond acceptors (Lipinski definition) is 4. The van der Waals surface area contributed by atoms with Crippen LogP contribution < -0.4 is 10.6 Å². The van der Waals surface area contributed by atoms with Crippen molar-refractivity contribution in [2.45, 2.75) is 6.04 Å². The van der Waals surface area contributed by atoms with E-state index in [0.717, 1.165) is 37.6 Å². The second kappa shape index (κ2) is 5.33. The first-order valence-corrected chi connectivity index (χ1v) is 6.32. The summed E-state index contributed by atoms with van der Waals surface area (Å²) < 4.78 is 5.42. The number of rotatable bonds is 3. The molecule has 0 bridgehead atoms. The van der Waals surface area contributed by atoms with E-state index in [1.165, 1.54) is 5.39 Å². The molecule has 1 fully saturated rings. The van der Waals surface area contributed by atoms with E-state index in [0.29, 0.717) is 6.04 Å². The Bertz CT molecular complexity index is 523. The van der Waals surface area contributed by atoms with Crippen LogP contribution in [0.5, 0.6) is 0 Å². The van der Waals surface area contributed by atoms with Gasteiger partial charge in [-0.05, 0) is 18.2 Å². The summed E-state index contributed by atoms with van der Waals surface area (Å²) in [6.07, 6.45) is 0. The first-order valence-electron chi connectivity index (χ1n) is 6.32. The van der Waals surface area contributed by atoms with Crippen LogP contribution in [0, 0.1) is 0 Å². The SMILES string of the molecule is c1ccc2nc(NCC3COCCN3)ccc2c1. The maximum atomic E-state index is 5.42. The maximum Gasteiger partial charge on any atom is 0.126 e. The lowest BCUT2D eigenvalue weighted by atomic mass is 10.2. The lowest BCUT2D eigenvalue weighted by Gasteiger charge is -2.24. The minimum Gasteiger partial charge on any atom is -0.378 e. The van der Waals surface area contributed by atoms with Crippen molar-refractivity contribution < 1.29 is 4.74 Å². The van der Waals surface area contributed by atoms with Crippen LogP contribution in [0.2, 0.25) is 0 Å². The summed E-state index contributed by atoms with van der Waals surface area (Å²) >= 11 is 0. The van der Waals surface area contributed by atoms with Crippen LogP contribution in [-0.4, -0.2) is 37.3 Å². The van der Waals surface area contributed by atoms with Crippen molar-refractivity contribution in [2.75, 3.05) is 31.6 Å². The smallest absolute Gasteiger partial charge is 0.126 e. The zero-order chi connectivity index (χ0) is 12.2. The van der Waals surface area contributed by atoms with Crippen molar-refractivity contribution >= 4 is 16.7 Å². The van der Waals surface area contributed by atoms with Crippen LogP contribution in [0.25, 0.3) is 10.9 Å². The molecule has 4 nitrogen and oxygen atoms in total. The van der Waals surface area contributed by atoms with E-state index in [-0.39, 0.29) is 0 Å². The largest absolute Gasteiger partial charge is 0.378 e. The van der Waals surface area contributed by atoms with Gasteiger partial charge in [-0.25, -0.2) is 4.98 Å². The average molecular weight is 243 g/mol. The van der Waals surface area contributed by atoms with Crippen molar-refractivity contribution in [3.63, 3.8) is 0 Å². The Morgan fingerprint density at radius 3 is 3.11 bits per heavy atom. The van der Waals surface area contributed by atoms with Gasteiger partial charge in [0.1, 0.15) is 5.82 Å². The third-order valence-electron chi connectivity index (χ3n) is 3.13. The van der Waals surface area contributed by atoms with E-state index in [9.17, 15) is 0 Å². The molecule has 0 aliphatic carbocycles. The minimum atomic E-state index is 0.368. The number of nitrogens with zero attached hydrogens (tertiary/aromatic N) is 1. The van der Waals surface area contributed by atoms with Gasteiger partial charge in [0, 0.05) is 24.5 Å². The van der Waals surface area contributed by atoms with Crippen molar-refractivity contribution in [1.82, 2.24) is 10.3 Å². The van der Waals surface area contributed by atoms with E-state index in [4.69, 9.17) is 4.74 Å². The molecule has 3 rings (SSSR count). The van der Waals surface area contributed by atoms with E-state index >= 15 is 0 Å². The van der Waals surface area contributed by atoms with Crippen molar-refractivity contribution in [3.8, 4) is 0 Å². The quantitative estimate of drug-likeness (QED) is 0.860. The zero-order valence-corrected chi connectivity index (χ0v) is 10.2. The van der Waals surface area contributed by atoms with Crippen LogP contribution in [0.1, 0.15) is 0 Å². The zero-order valence-electron chi connectivity index (χ0n) is 10.2. The highest BCUT2D eigenvalue weighted by Gasteiger charge is 2.12. The number of nitrogens with one attached hydrogen (secondary N) is 2. The van der Waals surface area contributed by atoms with Crippen LogP contribution in [0.4, 0.5) is 5.82 Å². The number of pyridine rings is 1. The number of hydrogen-bond donors (Lipinski definition) is 2. The fraction of sp³-hybridized carbons (Fsp3) is 0.357. The van der Waals surface area contributed by atoms with Gasteiger partial charge in [-0.3, -0.25) is 0 Å². The molecule has 1 aromatic heterocycles. The van der Waals surface area contributed by atoms with Gasteiger partial charge in [-0.15, -0.1) is 0 Å².